The molecule has 0 aliphatic heterocycles. The van der Waals surface area contributed by atoms with E-state index in [0.717, 1.165) is 44.5 Å². The molecule has 50 heavy (non-hydrogen) atoms. The predicted molar refractivity (Wildman–Crippen MR) is 208 cm³/mol. The minimum atomic E-state index is 0. The van der Waals surface area contributed by atoms with Gasteiger partial charge in [0.1, 0.15) is 5.58 Å². The summed E-state index contributed by atoms with van der Waals surface area (Å²) < 4.78 is 7.81. The van der Waals surface area contributed by atoms with Gasteiger partial charge in [-0.1, -0.05) is 73.7 Å². The Kier molecular flexibility index (Phi) is 10.2. The monoisotopic (exact) mass is 849 g/mol. The zero-order valence-electron chi connectivity index (χ0n) is 29.8. The van der Waals surface area contributed by atoms with Gasteiger partial charge in [-0.05, 0) is 91.9 Å². The summed E-state index contributed by atoms with van der Waals surface area (Å²) in [6.45, 7) is 17.2. The van der Waals surface area contributed by atoms with Gasteiger partial charge in [0, 0.05) is 58.4 Å². The summed E-state index contributed by atoms with van der Waals surface area (Å²) >= 11 is 1.80. The van der Waals surface area contributed by atoms with E-state index in [0.29, 0.717) is 5.92 Å². The topological polar surface area (TPSA) is 38.9 Å². The molecule has 4 aromatic carbocycles. The number of hydrogen-bond acceptors (Lipinski definition) is 4. The smallest absolute Gasteiger partial charge is 0.129 e. The van der Waals surface area contributed by atoms with Crippen LogP contribution in [-0.2, 0) is 20.1 Å². The second kappa shape index (κ2) is 14.4. The molecule has 0 N–H and O–H groups in total. The SMILES string of the molecule is Cc1c[c-]c(-c2cc(C)c(C)cn2)cc1.Cc1cc2c(ccc3c4cc[c-]c(-c5cc(C(C)C)c(-c6c(C)cccc6C)cn5)c4oc23)s1.[Ir]. The van der Waals surface area contributed by atoms with Crippen LogP contribution in [0.5, 0.6) is 0 Å². The number of fused-ring (bicyclic) bond motifs is 5. The van der Waals surface area contributed by atoms with Crippen molar-refractivity contribution in [2.75, 3.05) is 0 Å². The fourth-order valence-electron chi connectivity index (χ4n) is 6.60. The molecule has 0 fully saturated rings. The van der Waals surface area contributed by atoms with Crippen LogP contribution in [0.2, 0.25) is 0 Å². The van der Waals surface area contributed by atoms with Crippen LogP contribution in [0, 0.1) is 53.7 Å². The summed E-state index contributed by atoms with van der Waals surface area (Å²) in [7, 11) is 0. The third-order valence-corrected chi connectivity index (χ3v) is 10.4. The minimum Gasteiger partial charge on any atom is -0.500 e. The number of aryl methyl sites for hydroxylation is 6. The van der Waals surface area contributed by atoms with Crippen molar-refractivity contribution in [1.82, 2.24) is 9.97 Å². The van der Waals surface area contributed by atoms with Crippen molar-refractivity contribution in [2.45, 2.75) is 61.3 Å². The molecule has 0 aliphatic rings. The van der Waals surface area contributed by atoms with Crippen LogP contribution in [0.15, 0.2) is 95.7 Å². The molecule has 3 nitrogen and oxygen atoms in total. The Morgan fingerprint density at radius 3 is 2.12 bits per heavy atom. The van der Waals surface area contributed by atoms with E-state index in [2.05, 4.69) is 139 Å². The first kappa shape index (κ1) is 35.4. The molecule has 8 aromatic rings. The van der Waals surface area contributed by atoms with Crippen molar-refractivity contribution in [3.63, 3.8) is 0 Å². The Bertz CT molecular complexity index is 2470. The average molecular weight is 849 g/mol. The summed E-state index contributed by atoms with van der Waals surface area (Å²) in [6, 6.07) is 34.3. The number of thiophene rings is 1. The minimum absolute atomic E-state index is 0. The van der Waals surface area contributed by atoms with Crippen LogP contribution in [0.3, 0.4) is 0 Å². The van der Waals surface area contributed by atoms with E-state index < -0.39 is 0 Å². The van der Waals surface area contributed by atoms with Crippen molar-refractivity contribution in [3.05, 3.63) is 142 Å². The van der Waals surface area contributed by atoms with Gasteiger partial charge >= 0.3 is 0 Å². The molecule has 0 unspecified atom stereocenters. The van der Waals surface area contributed by atoms with Crippen LogP contribution >= 0.6 is 11.3 Å². The number of benzene rings is 4. The van der Waals surface area contributed by atoms with E-state index in [1.165, 1.54) is 59.5 Å². The first-order valence-electron chi connectivity index (χ1n) is 16.8. The van der Waals surface area contributed by atoms with E-state index in [1.54, 1.807) is 11.3 Å². The Morgan fingerprint density at radius 1 is 0.680 bits per heavy atom. The number of rotatable bonds is 4. The van der Waals surface area contributed by atoms with Crippen molar-refractivity contribution >= 4 is 43.4 Å². The molecular formula is C45H40IrN2OS-2. The molecule has 0 aliphatic carbocycles. The molecule has 0 saturated carbocycles. The van der Waals surface area contributed by atoms with E-state index >= 15 is 0 Å². The molecule has 253 valence electrons. The third-order valence-electron chi connectivity index (χ3n) is 9.40. The largest absolute Gasteiger partial charge is 0.500 e. The number of aromatic nitrogens is 2. The summed E-state index contributed by atoms with van der Waals surface area (Å²) in [5, 5.41) is 3.44. The van der Waals surface area contributed by atoms with E-state index in [1.807, 2.05) is 24.5 Å². The molecule has 5 heteroatoms. The predicted octanol–water partition coefficient (Wildman–Crippen LogP) is 12.9. The van der Waals surface area contributed by atoms with Gasteiger partial charge in [-0.15, -0.1) is 64.9 Å². The summed E-state index contributed by atoms with van der Waals surface area (Å²) in [4.78, 5) is 10.6. The molecule has 0 bridgehead atoms. The van der Waals surface area contributed by atoms with E-state index in [-0.39, 0.29) is 20.1 Å². The second-order valence-corrected chi connectivity index (χ2v) is 14.7. The van der Waals surface area contributed by atoms with Crippen LogP contribution < -0.4 is 0 Å². The molecule has 4 aromatic heterocycles. The maximum atomic E-state index is 6.55. The molecule has 0 atom stereocenters. The number of nitrogens with zero attached hydrogens (tertiary/aromatic N) is 2. The Labute approximate surface area is 312 Å². The Hall–Kier alpha value is -4.41. The van der Waals surface area contributed by atoms with Gasteiger partial charge in [-0.3, -0.25) is 0 Å². The third kappa shape index (κ3) is 6.71. The first-order chi connectivity index (χ1) is 23.6. The van der Waals surface area contributed by atoms with Crippen molar-refractivity contribution < 1.29 is 24.5 Å². The zero-order chi connectivity index (χ0) is 34.4. The fraction of sp³-hybridized carbons (Fsp3) is 0.200. The maximum absolute atomic E-state index is 6.55. The summed E-state index contributed by atoms with van der Waals surface area (Å²) in [5.41, 5.74) is 15.8. The van der Waals surface area contributed by atoms with Gasteiger partial charge in [0.2, 0.25) is 0 Å². The standard InChI is InChI=1S/C31H26NOS.C14H14N.Ir/c1-17(2)24-15-27(32-16-26(24)29-18(3)8-6-9-19(29)4)23-11-7-10-21-22-12-13-28-25(14-20(5)34-28)31(22)33-30(21)23;1-10-4-6-13(7-5-10)14-8-11(2)12(3)9-15-14;/h6-10,12-17H,1-5H3;4-6,8-9H,1-3H3;/q2*-1;. The van der Waals surface area contributed by atoms with Crippen LogP contribution in [0.4, 0.5) is 0 Å². The van der Waals surface area contributed by atoms with Crippen LogP contribution in [-0.4, -0.2) is 9.97 Å². The number of hydrogen-bond donors (Lipinski definition) is 0. The van der Waals surface area contributed by atoms with Gasteiger partial charge in [-0.25, -0.2) is 0 Å². The molecular weight excluding hydrogens is 809 g/mol. The molecule has 0 spiro atoms. The Morgan fingerprint density at radius 2 is 1.42 bits per heavy atom. The van der Waals surface area contributed by atoms with E-state index in [9.17, 15) is 0 Å². The van der Waals surface area contributed by atoms with Crippen LogP contribution in [0.25, 0.3) is 65.7 Å². The molecule has 8 rings (SSSR count). The van der Waals surface area contributed by atoms with Gasteiger partial charge < -0.3 is 14.4 Å². The number of pyridine rings is 2. The molecule has 4 heterocycles. The first-order valence-corrected chi connectivity index (χ1v) is 17.7. The molecule has 0 saturated heterocycles. The van der Waals surface area contributed by atoms with Crippen LogP contribution in [0.1, 0.15) is 58.0 Å². The van der Waals surface area contributed by atoms with Crippen molar-refractivity contribution in [2.24, 2.45) is 0 Å². The van der Waals surface area contributed by atoms with Gasteiger partial charge in [0.25, 0.3) is 0 Å². The van der Waals surface area contributed by atoms with Crippen molar-refractivity contribution in [1.29, 1.82) is 0 Å². The second-order valence-electron chi connectivity index (χ2n) is 13.4. The zero-order valence-corrected chi connectivity index (χ0v) is 33.0. The van der Waals surface area contributed by atoms with Gasteiger partial charge in [0.15, 0.2) is 0 Å². The summed E-state index contributed by atoms with van der Waals surface area (Å²) in [6.07, 6.45) is 3.95. The van der Waals surface area contributed by atoms with Crippen molar-refractivity contribution in [3.8, 4) is 33.6 Å². The summed E-state index contributed by atoms with van der Waals surface area (Å²) in [5.74, 6) is 0.360. The fourth-order valence-corrected chi connectivity index (χ4v) is 7.52. The van der Waals surface area contributed by atoms with Gasteiger partial charge in [0.05, 0.1) is 5.58 Å². The Balaban J connectivity index is 0.000000227. The van der Waals surface area contributed by atoms with E-state index in [4.69, 9.17) is 9.40 Å². The molecule has 0 amide bonds. The normalized spacial score (nSPS) is 11.2. The molecule has 1 radical (unpaired) electrons. The maximum Gasteiger partial charge on any atom is 0.129 e. The van der Waals surface area contributed by atoms with Gasteiger partial charge in [-0.2, -0.15) is 0 Å². The quantitative estimate of drug-likeness (QED) is 0.166. The number of furan rings is 1. The average Bonchev–Trinajstić information content (AvgIpc) is 3.66.